The number of phosphoric acid groups is 2. The number of nitrogen functional groups attached to an aromatic ring is 2. The predicted octanol–water partition coefficient (Wildman–Crippen LogP) is 14.1. The maximum absolute atomic E-state index is 14.1. The Kier molecular flexibility index (Phi) is 33.8. The minimum atomic E-state index is -4.52. The van der Waals surface area contributed by atoms with Crippen molar-refractivity contribution in [1.29, 1.82) is 10.5 Å². The van der Waals surface area contributed by atoms with E-state index in [2.05, 4.69) is 40.1 Å². The maximum atomic E-state index is 14.1. The van der Waals surface area contributed by atoms with Crippen LogP contribution in [0, 0.1) is 22.7 Å². The lowest BCUT2D eigenvalue weighted by molar-refractivity contribution is -0.204. The van der Waals surface area contributed by atoms with Gasteiger partial charge in [0.05, 0.1) is 56.1 Å². The smallest absolute Gasteiger partial charge is 0.402 e. The number of rotatable bonds is 48. The van der Waals surface area contributed by atoms with Crippen LogP contribution in [0.3, 0.4) is 0 Å². The Morgan fingerprint density at radius 3 is 1.47 bits per heavy atom. The van der Waals surface area contributed by atoms with Gasteiger partial charge in [-0.2, -0.15) is 20.7 Å². The molecule has 3 aliphatic rings. The number of aliphatic hydroxyl groups excluding tert-OH is 2. The molecule has 0 amide bonds. The Balaban J connectivity index is 0.000000282. The van der Waals surface area contributed by atoms with Crippen LogP contribution in [0.5, 0.6) is 5.75 Å². The van der Waals surface area contributed by atoms with E-state index in [1.807, 2.05) is 6.07 Å². The molecule has 0 saturated carbocycles. The minimum Gasteiger partial charge on any atom is -0.402 e. The number of nitrogens with two attached hydrogens (primary N) is 2. The lowest BCUT2D eigenvalue weighted by atomic mass is 9.92. The largest absolute Gasteiger partial charge is 0.530 e. The number of para-hydroxylation sites is 1. The van der Waals surface area contributed by atoms with Gasteiger partial charge in [0.1, 0.15) is 78.2 Å². The second-order valence-electron chi connectivity index (χ2n) is 25.9. The van der Waals surface area contributed by atoms with Crippen LogP contribution in [0.4, 0.5) is 11.6 Å². The summed E-state index contributed by atoms with van der Waals surface area (Å²) in [6.07, 6.45) is 31.1. The van der Waals surface area contributed by atoms with Gasteiger partial charge in [0.25, 0.3) is 0 Å². The first-order valence-corrected chi connectivity index (χ1v) is 38.9. The van der Waals surface area contributed by atoms with Crippen LogP contribution < -0.4 is 16.0 Å². The summed E-state index contributed by atoms with van der Waals surface area (Å²) in [5.74, 6) is -0.546. The van der Waals surface area contributed by atoms with E-state index < -0.39 is 75.9 Å². The second kappa shape index (κ2) is 41.2. The predicted molar refractivity (Wildman–Crippen MR) is 371 cm³/mol. The first-order chi connectivity index (χ1) is 47.4. The van der Waals surface area contributed by atoms with Crippen molar-refractivity contribution in [3.63, 3.8) is 0 Å². The van der Waals surface area contributed by atoms with Crippen LogP contribution in [-0.4, -0.2) is 140 Å². The molecule has 546 valence electrons. The van der Waals surface area contributed by atoms with Gasteiger partial charge in [-0.15, -0.1) is 0 Å². The topological polar surface area (TPSA) is 356 Å². The highest BCUT2D eigenvalue weighted by Crippen LogP contribution is 2.54. The molecule has 4 aromatic heterocycles. The fourth-order valence-electron chi connectivity index (χ4n) is 12.5. The third-order valence-electron chi connectivity index (χ3n) is 17.8. The van der Waals surface area contributed by atoms with Gasteiger partial charge >= 0.3 is 15.6 Å². The molecule has 29 heteroatoms. The summed E-state index contributed by atoms with van der Waals surface area (Å²) in [5.41, 5.74) is 9.56. The van der Waals surface area contributed by atoms with E-state index >= 15 is 0 Å². The van der Waals surface area contributed by atoms with Crippen molar-refractivity contribution >= 4 is 49.9 Å². The van der Waals surface area contributed by atoms with Crippen molar-refractivity contribution in [3.8, 4) is 17.9 Å². The van der Waals surface area contributed by atoms with Gasteiger partial charge in [-0.1, -0.05) is 205 Å². The van der Waals surface area contributed by atoms with Crippen LogP contribution in [0.25, 0.3) is 11.0 Å². The van der Waals surface area contributed by atoms with E-state index in [1.165, 1.54) is 182 Å². The number of anilines is 2. The zero-order chi connectivity index (χ0) is 70.3. The number of aliphatic hydroxyl groups is 2. The number of hydrogen-bond acceptors (Lipinski definition) is 23. The van der Waals surface area contributed by atoms with Gasteiger partial charge in [-0.05, 0) is 63.1 Å². The zero-order valence-electron chi connectivity index (χ0n) is 57.8. The molecule has 0 spiro atoms. The number of benzene rings is 1. The fraction of sp³-hybridized carbons (Fsp3) is 0.710. The SMILES string of the molecule is CCCCCCCCCCCCCCCCOCCOP(=O)(O)OC[C@H]1O[C@@](C#N)(c2ccc3c(N)ncnn23)[C@H](O)[C@@H]1O.CCCCCCCCCCCCCCCCOCCOP(=O)(OC[C@H]1O[C@@](C#N)(c2ccc3c(N)ncnn23)[C@@H]2OC(C)(C)O[C@@H]21)Oc1ccccc1Cl. The van der Waals surface area contributed by atoms with Crippen LogP contribution >= 0.6 is 27.2 Å². The Labute approximate surface area is 583 Å². The minimum absolute atomic E-state index is 0.0516. The molecule has 3 fully saturated rings. The highest BCUT2D eigenvalue weighted by molar-refractivity contribution is 7.49. The molecular weight excluding hydrogens is 1320 g/mol. The van der Waals surface area contributed by atoms with E-state index in [0.717, 1.165) is 25.7 Å². The van der Waals surface area contributed by atoms with Crippen molar-refractivity contribution in [3.05, 3.63) is 77.6 Å². The lowest BCUT2D eigenvalue weighted by Gasteiger charge is -2.29. The molecule has 98 heavy (non-hydrogen) atoms. The first-order valence-electron chi connectivity index (χ1n) is 35.5. The summed E-state index contributed by atoms with van der Waals surface area (Å²) in [4.78, 5) is 18.0. The van der Waals surface area contributed by atoms with Crippen molar-refractivity contribution < 1.29 is 75.3 Å². The Morgan fingerprint density at radius 1 is 0.551 bits per heavy atom. The monoisotopic (exact) mass is 1430 g/mol. The summed E-state index contributed by atoms with van der Waals surface area (Å²) < 4.78 is 92.6. The summed E-state index contributed by atoms with van der Waals surface area (Å²) in [6, 6.07) is 17.2. The van der Waals surface area contributed by atoms with Crippen molar-refractivity contribution in [2.75, 3.05) is 64.3 Å². The molecule has 7 N–H and O–H groups in total. The standard InChI is InChI=1S/C39H57ClN5O8P.C30H50N5O8P/c1-4-5-6-7-8-9-10-11-12-13-14-15-16-19-24-47-25-26-48-54(46,53-32-21-18-17-20-30(32)40)49-27-33-35-36(52-38(2,3)51-35)39(28-41,50-33)34-23-22-31-37(42)43-29-44-45(31)34;1-2-3-4-5-6-7-8-9-10-11-12-13-14-15-18-40-19-20-41-44(38,39)42-21-25-27(36)28(37)30(22-31,43-25)26-17-16-24-29(32)33-23-34-35(24)26/h17-18,20-23,29,33,35-36H,4-16,19,24-27H2,1-3H3,(H2,42,43,44);16-17,23,25,27-28,36-37H,2-15,18-21H2,1H3,(H,38,39)(H2,32,33,34)/t33-,35-,36-,39+,54?;25-,27-,28-,30+/m11/s1. The molecule has 1 aromatic carbocycles. The van der Waals surface area contributed by atoms with Gasteiger partial charge in [-0.3, -0.25) is 18.1 Å². The van der Waals surface area contributed by atoms with Gasteiger partial charge in [0.2, 0.25) is 11.2 Å². The zero-order valence-corrected chi connectivity index (χ0v) is 60.4. The third kappa shape index (κ3) is 23.6. The number of nitrogens with zero attached hydrogens (tertiary/aromatic N) is 8. The quantitative estimate of drug-likeness (QED) is 0.0178. The van der Waals surface area contributed by atoms with Crippen LogP contribution in [0.15, 0.2) is 61.2 Å². The van der Waals surface area contributed by atoms with Crippen LogP contribution in [-0.2, 0) is 66.8 Å². The van der Waals surface area contributed by atoms with Gasteiger partial charge in [0, 0.05) is 13.2 Å². The molecule has 5 aromatic rings. The Morgan fingerprint density at radius 2 is 0.990 bits per heavy atom. The molecule has 8 rings (SSSR count). The van der Waals surface area contributed by atoms with Gasteiger partial charge in [0.15, 0.2) is 17.4 Å². The van der Waals surface area contributed by atoms with E-state index in [4.69, 9.17) is 74.1 Å². The molecule has 7 heterocycles. The average Bonchev–Trinajstić information content (AvgIpc) is 1.56. The highest BCUT2D eigenvalue weighted by atomic mass is 35.5. The van der Waals surface area contributed by atoms with Crippen LogP contribution in [0.1, 0.15) is 219 Å². The van der Waals surface area contributed by atoms with Gasteiger partial charge < -0.3 is 59.5 Å². The average molecular weight is 1430 g/mol. The maximum Gasteiger partial charge on any atom is 0.530 e. The number of aromatic nitrogens is 6. The molecule has 3 saturated heterocycles. The molecule has 26 nitrogen and oxygen atoms in total. The number of unbranched alkanes of at least 4 members (excludes halogenated alkanes) is 26. The van der Waals surface area contributed by atoms with Crippen molar-refractivity contribution in [1.82, 2.24) is 29.2 Å². The van der Waals surface area contributed by atoms with Gasteiger partial charge in [-0.25, -0.2) is 28.1 Å². The summed E-state index contributed by atoms with van der Waals surface area (Å²) in [6.45, 7) is 8.27. The van der Waals surface area contributed by atoms with Crippen molar-refractivity contribution in [2.24, 2.45) is 0 Å². The number of ether oxygens (including phenoxy) is 6. The first kappa shape index (κ1) is 80.4. The highest BCUT2D eigenvalue weighted by Gasteiger charge is 2.66. The lowest BCUT2D eigenvalue weighted by Crippen LogP contribution is -2.41. The van der Waals surface area contributed by atoms with E-state index in [-0.39, 0.29) is 61.1 Å². The molecule has 0 aliphatic carbocycles. The Bertz CT molecular complexity index is 3340. The van der Waals surface area contributed by atoms with E-state index in [9.17, 15) is 34.8 Å². The summed E-state index contributed by atoms with van der Waals surface area (Å²) >= 11 is 6.34. The number of phosphoric ester groups is 2. The number of halogens is 1. The fourth-order valence-corrected chi connectivity index (χ4v) is 14.7. The third-order valence-corrected chi connectivity index (χ3v) is 20.5. The molecule has 2 unspecified atom stereocenters. The number of hydrogen-bond donors (Lipinski definition) is 5. The van der Waals surface area contributed by atoms with Crippen molar-refractivity contribution in [2.45, 2.75) is 261 Å². The molecule has 0 radical (unpaired) electrons. The molecule has 10 atom stereocenters. The van der Waals surface area contributed by atoms with E-state index in [1.54, 1.807) is 56.3 Å². The van der Waals surface area contributed by atoms with E-state index in [0.29, 0.717) is 29.9 Å². The summed E-state index contributed by atoms with van der Waals surface area (Å²) in [7, 11) is -8.82. The molecule has 0 bridgehead atoms. The molecular formula is C69H107ClN10O16P2. The molecule has 3 aliphatic heterocycles. The number of fused-ring (bicyclic) bond motifs is 3. The second-order valence-corrected chi connectivity index (χ2v) is 29.4. The Hall–Kier alpha value is -4.93. The number of nitriles is 2. The van der Waals surface area contributed by atoms with Crippen LogP contribution in [0.2, 0.25) is 5.02 Å². The summed E-state index contributed by atoms with van der Waals surface area (Å²) in [5, 5.41) is 50.6. The normalized spacial score (nSPS) is 23.1.